The number of pyridine rings is 1. The van der Waals surface area contributed by atoms with Crippen LogP contribution in [-0.4, -0.2) is 40.1 Å². The van der Waals surface area contributed by atoms with E-state index in [1.807, 2.05) is 60.8 Å². The number of nitrogens with zero attached hydrogens (tertiary/aromatic N) is 2. The number of hydrogen-bond acceptors (Lipinski definition) is 6. The molecule has 0 bridgehead atoms. The number of amides is 1. The molecule has 1 saturated heterocycles. The van der Waals surface area contributed by atoms with Crippen molar-refractivity contribution < 1.29 is 9.90 Å². The fraction of sp³-hybridized carbons (Fsp3) is 0.304. The van der Waals surface area contributed by atoms with Crippen LogP contribution >= 0.6 is 11.3 Å². The maximum absolute atomic E-state index is 13.1. The van der Waals surface area contributed by atoms with Gasteiger partial charge >= 0.3 is 0 Å². The molecule has 0 unspecified atom stereocenters. The summed E-state index contributed by atoms with van der Waals surface area (Å²) in [5, 5.41) is 16.4. The minimum Gasteiger partial charge on any atom is -0.389 e. The van der Waals surface area contributed by atoms with E-state index < -0.39 is 11.6 Å². The van der Waals surface area contributed by atoms with Crippen LogP contribution in [0.3, 0.4) is 0 Å². The summed E-state index contributed by atoms with van der Waals surface area (Å²) in [7, 11) is 0. The Morgan fingerprint density at radius 3 is 2.77 bits per heavy atom. The molecule has 1 aliphatic heterocycles. The lowest BCUT2D eigenvalue weighted by Gasteiger charge is -2.46. The fourth-order valence-electron chi connectivity index (χ4n) is 4.12. The Balaban J connectivity index is 1.59. The zero-order valence-electron chi connectivity index (χ0n) is 16.9. The second-order valence-electron chi connectivity index (χ2n) is 7.77. The molecule has 1 amide bonds. The third-order valence-corrected chi connectivity index (χ3v) is 6.85. The molecule has 156 valence electrons. The molecule has 30 heavy (non-hydrogen) atoms. The Morgan fingerprint density at radius 1 is 1.30 bits per heavy atom. The van der Waals surface area contributed by atoms with Gasteiger partial charge in [-0.2, -0.15) is 0 Å². The van der Waals surface area contributed by atoms with E-state index in [0.29, 0.717) is 36.8 Å². The first-order chi connectivity index (χ1) is 14.5. The average Bonchev–Trinajstić information content (AvgIpc) is 3.18. The molecule has 0 aliphatic carbocycles. The highest BCUT2D eigenvalue weighted by molar-refractivity contribution is 7.12. The number of β-amino-alcohol motifs (C(OH)–C–C–N with tert-alkyl or cyclic N) is 1. The molecule has 1 fully saturated rings. The monoisotopic (exact) mass is 422 g/mol. The summed E-state index contributed by atoms with van der Waals surface area (Å²) >= 11 is 1.42. The summed E-state index contributed by atoms with van der Waals surface area (Å²) in [5.74, 6) is 0.365. The number of aryl methyl sites for hydroxylation is 1. The molecule has 1 aromatic carbocycles. The van der Waals surface area contributed by atoms with Crippen LogP contribution in [0.4, 0.5) is 5.82 Å². The highest BCUT2D eigenvalue weighted by Crippen LogP contribution is 2.35. The highest BCUT2D eigenvalue weighted by Gasteiger charge is 2.45. The number of benzene rings is 1. The Bertz CT molecular complexity index is 1020. The number of nitrogens with two attached hydrogens (primary N) is 1. The van der Waals surface area contributed by atoms with Gasteiger partial charge in [0, 0.05) is 31.4 Å². The van der Waals surface area contributed by atoms with Gasteiger partial charge in [-0.15, -0.1) is 11.3 Å². The van der Waals surface area contributed by atoms with Crippen LogP contribution < -0.4 is 11.1 Å². The molecule has 4 rings (SSSR count). The van der Waals surface area contributed by atoms with E-state index in [4.69, 9.17) is 5.73 Å². The van der Waals surface area contributed by atoms with Gasteiger partial charge in [-0.05, 0) is 42.0 Å². The first kappa shape index (κ1) is 20.5. The number of hydrogen-bond donors (Lipinski definition) is 3. The number of nitrogen functional groups attached to an aromatic ring is 1. The summed E-state index contributed by atoms with van der Waals surface area (Å²) in [6.07, 6.45) is 1.50. The van der Waals surface area contributed by atoms with Crippen molar-refractivity contribution in [3.05, 3.63) is 81.7 Å². The zero-order valence-corrected chi connectivity index (χ0v) is 17.7. The van der Waals surface area contributed by atoms with Gasteiger partial charge in [0.2, 0.25) is 0 Å². The smallest absolute Gasteiger partial charge is 0.262 e. The molecule has 0 saturated carbocycles. The second kappa shape index (κ2) is 8.55. The maximum atomic E-state index is 13.1. The van der Waals surface area contributed by atoms with E-state index in [0.717, 1.165) is 16.7 Å². The van der Waals surface area contributed by atoms with E-state index >= 15 is 0 Å². The third-order valence-electron chi connectivity index (χ3n) is 5.84. The first-order valence-corrected chi connectivity index (χ1v) is 10.9. The van der Waals surface area contributed by atoms with Crippen molar-refractivity contribution in [3.63, 3.8) is 0 Å². The van der Waals surface area contributed by atoms with Crippen molar-refractivity contribution in [2.75, 3.05) is 18.8 Å². The number of thiophene rings is 1. The van der Waals surface area contributed by atoms with Gasteiger partial charge in [0.15, 0.2) is 0 Å². The number of anilines is 1. The molecule has 1 aliphatic rings. The van der Waals surface area contributed by atoms with Gasteiger partial charge in [-0.25, -0.2) is 4.98 Å². The number of likely N-dealkylation sites (tertiary alicyclic amines) is 1. The molecule has 3 heterocycles. The van der Waals surface area contributed by atoms with Crippen LogP contribution in [0.5, 0.6) is 0 Å². The molecule has 7 heteroatoms. The van der Waals surface area contributed by atoms with E-state index in [1.54, 1.807) is 6.20 Å². The van der Waals surface area contributed by atoms with Crippen molar-refractivity contribution in [3.8, 4) is 0 Å². The fourth-order valence-corrected chi connectivity index (χ4v) is 4.94. The van der Waals surface area contributed by atoms with Crippen molar-refractivity contribution in [1.29, 1.82) is 0 Å². The normalized spacial score (nSPS) is 22.0. The average molecular weight is 423 g/mol. The van der Waals surface area contributed by atoms with E-state index in [1.165, 1.54) is 11.3 Å². The molecule has 3 aromatic rings. The highest BCUT2D eigenvalue weighted by atomic mass is 32.1. The quantitative estimate of drug-likeness (QED) is 0.588. The third kappa shape index (κ3) is 3.96. The number of carbonyl (C=O) groups excluding carboxylic acids is 1. The maximum Gasteiger partial charge on any atom is 0.262 e. The molecule has 2 aromatic heterocycles. The lowest BCUT2D eigenvalue weighted by atomic mass is 9.78. The minimum atomic E-state index is -0.842. The van der Waals surface area contributed by atoms with Gasteiger partial charge in [-0.3, -0.25) is 9.69 Å². The van der Waals surface area contributed by atoms with Gasteiger partial charge in [0.25, 0.3) is 5.91 Å². The number of carbonyl (C=O) groups is 1. The van der Waals surface area contributed by atoms with Gasteiger partial charge < -0.3 is 16.2 Å². The Kier molecular flexibility index (Phi) is 5.85. The van der Waals surface area contributed by atoms with Crippen LogP contribution in [-0.2, 0) is 12.1 Å². The van der Waals surface area contributed by atoms with Gasteiger partial charge in [0.1, 0.15) is 5.82 Å². The van der Waals surface area contributed by atoms with E-state index in [9.17, 15) is 9.90 Å². The van der Waals surface area contributed by atoms with E-state index in [2.05, 4.69) is 15.2 Å². The standard InChI is InChI=1S/C23H26N4O2S/c1-16-9-13-30-20(16)22(29)26-23(18-7-3-2-4-8-18)10-12-27(15-19(23)28)14-17-6-5-11-25-21(17)24/h2-9,11,13,19,28H,10,12,14-15H2,1H3,(H2,24,25)(H,26,29)/t19-,23-/m1/s1. The molecule has 2 atom stereocenters. The minimum absolute atomic E-state index is 0.143. The van der Waals surface area contributed by atoms with Crippen LogP contribution in [0.2, 0.25) is 0 Å². The molecule has 4 N–H and O–H groups in total. The molecular formula is C23H26N4O2S. The number of rotatable bonds is 5. The summed E-state index contributed by atoms with van der Waals surface area (Å²) in [4.78, 5) is 20.1. The van der Waals surface area contributed by atoms with Crippen molar-refractivity contribution in [2.45, 2.75) is 31.5 Å². The SMILES string of the molecule is Cc1ccsc1C(=O)N[C@@]1(c2ccccc2)CCN(Cc2cccnc2N)C[C@H]1O. The molecular weight excluding hydrogens is 396 g/mol. The van der Waals surface area contributed by atoms with Gasteiger partial charge in [-0.1, -0.05) is 36.4 Å². The first-order valence-electron chi connectivity index (χ1n) is 10.0. The predicted octanol–water partition coefficient (Wildman–Crippen LogP) is 2.93. The summed E-state index contributed by atoms with van der Waals surface area (Å²) in [6.45, 7) is 3.68. The van der Waals surface area contributed by atoms with Crippen LogP contribution in [0.25, 0.3) is 0 Å². The van der Waals surface area contributed by atoms with Crippen molar-refractivity contribution >= 4 is 23.1 Å². The zero-order chi connectivity index (χ0) is 21.1. The molecule has 0 radical (unpaired) electrons. The number of aliphatic hydroxyl groups is 1. The Hall–Kier alpha value is -2.74. The predicted molar refractivity (Wildman–Crippen MR) is 119 cm³/mol. The lowest BCUT2D eigenvalue weighted by Crippen LogP contribution is -2.61. The number of nitrogens with one attached hydrogen (secondary N) is 1. The van der Waals surface area contributed by atoms with Crippen molar-refractivity contribution in [1.82, 2.24) is 15.2 Å². The van der Waals surface area contributed by atoms with Crippen LogP contribution in [0.15, 0.2) is 60.1 Å². The summed E-state index contributed by atoms with van der Waals surface area (Å²) in [5.41, 5.74) is 7.95. The topological polar surface area (TPSA) is 91.5 Å². The van der Waals surface area contributed by atoms with Crippen LogP contribution in [0, 0.1) is 6.92 Å². The number of aromatic nitrogens is 1. The largest absolute Gasteiger partial charge is 0.389 e. The van der Waals surface area contributed by atoms with Gasteiger partial charge in [0.05, 0.1) is 16.5 Å². The van der Waals surface area contributed by atoms with Crippen LogP contribution in [0.1, 0.15) is 32.8 Å². The summed E-state index contributed by atoms with van der Waals surface area (Å²) in [6, 6.07) is 15.5. The lowest BCUT2D eigenvalue weighted by molar-refractivity contribution is -0.0180. The number of aliphatic hydroxyl groups excluding tert-OH is 1. The summed E-state index contributed by atoms with van der Waals surface area (Å²) < 4.78 is 0. The molecule has 0 spiro atoms. The number of piperidine rings is 1. The Labute approximate surface area is 180 Å². The Morgan fingerprint density at radius 2 is 2.10 bits per heavy atom. The van der Waals surface area contributed by atoms with Crippen molar-refractivity contribution in [2.24, 2.45) is 0 Å². The van der Waals surface area contributed by atoms with E-state index in [-0.39, 0.29) is 5.91 Å². The second-order valence-corrected chi connectivity index (χ2v) is 8.69. The molecule has 6 nitrogen and oxygen atoms in total.